The van der Waals surface area contributed by atoms with Crippen molar-refractivity contribution >= 4 is 18.0 Å². The Hall–Kier alpha value is -1.99. The van der Waals surface area contributed by atoms with E-state index >= 15 is 0 Å². The molecule has 0 rings (SSSR count). The summed E-state index contributed by atoms with van der Waals surface area (Å²) >= 11 is 0. The maximum atomic E-state index is 9.00. The SMILES string of the molecule is N=C(N)NC(=N)N.NC(N)=O. The van der Waals surface area contributed by atoms with Crippen LogP contribution in [-0.2, 0) is 0 Å². The second-order valence-corrected chi connectivity index (χ2v) is 1.35. The summed E-state index contributed by atoms with van der Waals surface area (Å²) in [5, 5.41) is 15.0. The van der Waals surface area contributed by atoms with Gasteiger partial charge in [0.2, 0.25) is 0 Å². The molecule has 0 fully saturated rings. The second-order valence-electron chi connectivity index (χ2n) is 1.35. The van der Waals surface area contributed by atoms with Gasteiger partial charge >= 0.3 is 6.03 Å². The van der Waals surface area contributed by atoms with Gasteiger partial charge in [-0.05, 0) is 0 Å². The van der Waals surface area contributed by atoms with Gasteiger partial charge in [0.1, 0.15) is 0 Å². The molecule has 0 radical (unpaired) electrons. The lowest BCUT2D eigenvalue weighted by Gasteiger charge is -1.95. The molecular formula is C3H11N7O. The number of primary amides is 2. The Balaban J connectivity index is 0. The molecule has 0 aliphatic heterocycles. The lowest BCUT2D eigenvalue weighted by atomic mass is 10.9. The number of hydrogen-bond donors (Lipinski definition) is 7. The number of nitrogens with two attached hydrogens (primary N) is 4. The van der Waals surface area contributed by atoms with E-state index in [2.05, 4.69) is 11.5 Å². The zero-order valence-electron chi connectivity index (χ0n) is 5.72. The van der Waals surface area contributed by atoms with Gasteiger partial charge in [0.25, 0.3) is 0 Å². The summed E-state index contributed by atoms with van der Waals surface area (Å²) in [6.07, 6.45) is 0. The first-order valence-corrected chi connectivity index (χ1v) is 2.36. The molecule has 8 heteroatoms. The lowest BCUT2D eigenvalue weighted by Crippen LogP contribution is -2.39. The topological polar surface area (TPSA) is 181 Å². The Kier molecular flexibility index (Phi) is 6.56. The van der Waals surface area contributed by atoms with Crippen LogP contribution in [-0.4, -0.2) is 18.0 Å². The maximum Gasteiger partial charge on any atom is 0.309 e. The van der Waals surface area contributed by atoms with Crippen molar-refractivity contribution in [3.05, 3.63) is 0 Å². The van der Waals surface area contributed by atoms with Gasteiger partial charge in [-0.2, -0.15) is 0 Å². The van der Waals surface area contributed by atoms with E-state index in [9.17, 15) is 0 Å². The molecule has 0 spiro atoms. The van der Waals surface area contributed by atoms with Crippen LogP contribution in [0, 0.1) is 10.8 Å². The Labute approximate surface area is 62.9 Å². The minimum atomic E-state index is -0.833. The predicted octanol–water partition coefficient (Wildman–Crippen LogP) is -2.61. The van der Waals surface area contributed by atoms with E-state index in [4.69, 9.17) is 27.1 Å². The molecule has 0 unspecified atom stereocenters. The monoisotopic (exact) mass is 161 g/mol. The summed E-state index contributed by atoms with van der Waals surface area (Å²) in [7, 11) is 0. The first-order chi connectivity index (χ1) is 4.86. The van der Waals surface area contributed by atoms with E-state index < -0.39 is 6.03 Å². The fourth-order valence-electron chi connectivity index (χ4n) is 0.145. The molecule has 0 heterocycles. The molecule has 0 aliphatic carbocycles. The van der Waals surface area contributed by atoms with Gasteiger partial charge < -0.3 is 22.9 Å². The third-order valence-corrected chi connectivity index (χ3v) is 0.269. The molecule has 0 atom stereocenters. The van der Waals surface area contributed by atoms with E-state index in [0.717, 1.165) is 0 Å². The van der Waals surface area contributed by atoms with Crippen LogP contribution in [0.15, 0.2) is 0 Å². The molecule has 0 aliphatic rings. The van der Waals surface area contributed by atoms with Crippen LogP contribution in [0.25, 0.3) is 0 Å². The molecule has 8 nitrogen and oxygen atoms in total. The first kappa shape index (κ1) is 11.8. The summed E-state index contributed by atoms with van der Waals surface area (Å²) in [5.74, 6) is -0.625. The van der Waals surface area contributed by atoms with Gasteiger partial charge in [-0.25, -0.2) is 4.79 Å². The zero-order chi connectivity index (χ0) is 9.44. The zero-order valence-corrected chi connectivity index (χ0v) is 5.72. The Morgan fingerprint density at radius 2 is 1.18 bits per heavy atom. The molecule has 0 bridgehead atoms. The smallest absolute Gasteiger partial charge is 0.309 e. The summed E-state index contributed by atoms with van der Waals surface area (Å²) < 4.78 is 0. The van der Waals surface area contributed by atoms with Crippen molar-refractivity contribution in [2.45, 2.75) is 0 Å². The van der Waals surface area contributed by atoms with Crippen molar-refractivity contribution in [1.29, 1.82) is 10.8 Å². The van der Waals surface area contributed by atoms with Gasteiger partial charge in [0, 0.05) is 0 Å². The highest BCUT2D eigenvalue weighted by atomic mass is 16.2. The normalized spacial score (nSPS) is 6.91. The quantitative estimate of drug-likeness (QED) is 0.152. The summed E-state index contributed by atoms with van der Waals surface area (Å²) in [6, 6.07) is -0.833. The molecule has 0 aromatic carbocycles. The van der Waals surface area contributed by atoms with Crippen LogP contribution in [0.3, 0.4) is 0 Å². The van der Waals surface area contributed by atoms with Gasteiger partial charge in [0.15, 0.2) is 11.9 Å². The van der Waals surface area contributed by atoms with Crippen molar-refractivity contribution in [3.63, 3.8) is 0 Å². The summed E-state index contributed by atoms with van der Waals surface area (Å²) in [5.41, 5.74) is 18.0. The van der Waals surface area contributed by atoms with Crippen molar-refractivity contribution in [2.75, 3.05) is 0 Å². The number of guanidine groups is 2. The fraction of sp³-hybridized carbons (Fsp3) is 0. The summed E-state index contributed by atoms with van der Waals surface area (Å²) in [6.45, 7) is 0. The van der Waals surface area contributed by atoms with E-state index in [-0.39, 0.29) is 11.9 Å². The van der Waals surface area contributed by atoms with Gasteiger partial charge in [-0.1, -0.05) is 0 Å². The average Bonchev–Trinajstić information content (AvgIpc) is 1.56. The highest BCUT2D eigenvalue weighted by molar-refractivity contribution is 5.93. The lowest BCUT2D eigenvalue weighted by molar-refractivity contribution is 0.256. The highest BCUT2D eigenvalue weighted by Gasteiger charge is 1.83. The van der Waals surface area contributed by atoms with E-state index in [1.165, 1.54) is 0 Å². The molecular weight excluding hydrogens is 150 g/mol. The Bertz CT molecular complexity index is 147. The van der Waals surface area contributed by atoms with Gasteiger partial charge in [0.05, 0.1) is 0 Å². The average molecular weight is 161 g/mol. The number of urea groups is 1. The van der Waals surface area contributed by atoms with Gasteiger partial charge in [-0.3, -0.25) is 16.1 Å². The summed E-state index contributed by atoms with van der Waals surface area (Å²) in [4.78, 5) is 9.00. The molecule has 11 heavy (non-hydrogen) atoms. The van der Waals surface area contributed by atoms with Gasteiger partial charge in [-0.15, -0.1) is 0 Å². The van der Waals surface area contributed by atoms with Crippen LogP contribution in [0.2, 0.25) is 0 Å². The molecule has 0 saturated carbocycles. The van der Waals surface area contributed by atoms with E-state index in [1.54, 1.807) is 0 Å². The standard InChI is InChI=1S/C2H7N5.CH4N2O/c3-1(4)7-2(5)6;2-1(3)4/h(H7,3,4,5,6,7);(H4,2,3,4). The van der Waals surface area contributed by atoms with Crippen molar-refractivity contribution in [1.82, 2.24) is 5.32 Å². The first-order valence-electron chi connectivity index (χ1n) is 2.36. The minimum Gasteiger partial charge on any atom is -0.370 e. The third-order valence-electron chi connectivity index (χ3n) is 0.269. The van der Waals surface area contributed by atoms with Crippen molar-refractivity contribution in [3.8, 4) is 0 Å². The fourth-order valence-corrected chi connectivity index (χ4v) is 0.145. The third kappa shape index (κ3) is 71.6. The second kappa shape index (κ2) is 6.13. The van der Waals surface area contributed by atoms with E-state index in [1.807, 2.05) is 5.32 Å². The Morgan fingerprint density at radius 1 is 1.00 bits per heavy atom. The van der Waals surface area contributed by atoms with Crippen LogP contribution in [0.5, 0.6) is 0 Å². The predicted molar refractivity (Wildman–Crippen MR) is 40.7 cm³/mol. The number of carbonyl (C=O) groups is 1. The number of hydrogen-bond acceptors (Lipinski definition) is 3. The number of amides is 2. The molecule has 2 amide bonds. The Morgan fingerprint density at radius 3 is 1.18 bits per heavy atom. The van der Waals surface area contributed by atoms with Crippen LogP contribution in [0.1, 0.15) is 0 Å². The molecule has 0 saturated heterocycles. The maximum absolute atomic E-state index is 9.00. The number of nitrogens with one attached hydrogen (secondary N) is 3. The van der Waals surface area contributed by atoms with Crippen LogP contribution >= 0.6 is 0 Å². The van der Waals surface area contributed by atoms with Crippen molar-refractivity contribution < 1.29 is 4.79 Å². The molecule has 11 N–H and O–H groups in total. The number of carbonyl (C=O) groups excluding carboxylic acids is 1. The highest BCUT2D eigenvalue weighted by Crippen LogP contribution is 1.44. The minimum absolute atomic E-state index is 0.312. The molecule has 0 aromatic rings. The largest absolute Gasteiger partial charge is 0.370 e. The molecule has 0 aromatic heterocycles. The molecule has 64 valence electrons. The van der Waals surface area contributed by atoms with Crippen LogP contribution < -0.4 is 28.3 Å². The van der Waals surface area contributed by atoms with Crippen molar-refractivity contribution in [2.24, 2.45) is 22.9 Å². The number of rotatable bonds is 0. The van der Waals surface area contributed by atoms with E-state index in [0.29, 0.717) is 0 Å². The van der Waals surface area contributed by atoms with Crippen LogP contribution in [0.4, 0.5) is 4.79 Å².